The molecular weight excluding hydrogens is 294 g/mol. The van der Waals surface area contributed by atoms with Crippen LogP contribution in [0.5, 0.6) is 0 Å². The molecule has 8 heteroatoms. The van der Waals surface area contributed by atoms with Crippen molar-refractivity contribution >= 4 is 34.3 Å². The molecule has 1 aliphatic rings. The number of carboxylic acids is 1. The molecule has 1 aromatic rings. The van der Waals surface area contributed by atoms with Gasteiger partial charge in [-0.15, -0.1) is 11.3 Å². The summed E-state index contributed by atoms with van der Waals surface area (Å²) in [4.78, 5) is 40.1. The van der Waals surface area contributed by atoms with Crippen LogP contribution in [0.3, 0.4) is 0 Å². The normalized spacial score (nSPS) is 21.9. The van der Waals surface area contributed by atoms with Gasteiger partial charge >= 0.3 is 5.97 Å². The van der Waals surface area contributed by atoms with E-state index >= 15 is 0 Å². The zero-order valence-electron chi connectivity index (χ0n) is 11.8. The first kappa shape index (κ1) is 15.4. The van der Waals surface area contributed by atoms with Crippen LogP contribution in [0.15, 0.2) is 5.38 Å². The lowest BCUT2D eigenvalue weighted by Gasteiger charge is -2.35. The Kier molecular flexibility index (Phi) is 4.56. The summed E-state index contributed by atoms with van der Waals surface area (Å²) in [6, 6.07) is -0.813. The molecule has 2 amide bonds. The molecule has 2 unspecified atom stereocenters. The highest BCUT2D eigenvalue weighted by molar-refractivity contribution is 7.14. The van der Waals surface area contributed by atoms with E-state index in [1.54, 1.807) is 0 Å². The quantitative estimate of drug-likeness (QED) is 0.879. The molecule has 21 heavy (non-hydrogen) atoms. The summed E-state index contributed by atoms with van der Waals surface area (Å²) in [7, 11) is 0. The van der Waals surface area contributed by atoms with Gasteiger partial charge in [0.15, 0.2) is 5.13 Å². The van der Waals surface area contributed by atoms with Gasteiger partial charge in [-0.1, -0.05) is 6.92 Å². The second kappa shape index (κ2) is 6.21. The van der Waals surface area contributed by atoms with Crippen molar-refractivity contribution in [2.45, 2.75) is 32.7 Å². The van der Waals surface area contributed by atoms with E-state index in [1.807, 2.05) is 6.92 Å². The zero-order valence-corrected chi connectivity index (χ0v) is 12.6. The lowest BCUT2D eigenvalue weighted by molar-refractivity contribution is -0.144. The molecule has 7 nitrogen and oxygen atoms in total. The van der Waals surface area contributed by atoms with Gasteiger partial charge in [0.1, 0.15) is 11.7 Å². The number of amides is 2. The Bertz CT molecular complexity index is 572. The van der Waals surface area contributed by atoms with Crippen molar-refractivity contribution in [3.63, 3.8) is 0 Å². The molecule has 1 aromatic heterocycles. The third-order valence-corrected chi connectivity index (χ3v) is 4.17. The number of aliphatic carboxylic acids is 1. The van der Waals surface area contributed by atoms with E-state index in [0.29, 0.717) is 18.1 Å². The summed E-state index contributed by atoms with van der Waals surface area (Å²) in [5, 5.41) is 13.7. The monoisotopic (exact) mass is 311 g/mol. The maximum atomic E-state index is 12.4. The third-order valence-electron chi connectivity index (χ3n) is 3.42. The van der Waals surface area contributed by atoms with E-state index in [-0.39, 0.29) is 17.5 Å². The minimum atomic E-state index is -0.993. The Balaban J connectivity index is 2.15. The fourth-order valence-electron chi connectivity index (χ4n) is 2.35. The molecule has 2 heterocycles. The number of hydrogen-bond acceptors (Lipinski definition) is 5. The second-order valence-corrected chi connectivity index (χ2v) is 6.06. The van der Waals surface area contributed by atoms with Gasteiger partial charge in [0, 0.05) is 18.8 Å². The fourth-order valence-corrected chi connectivity index (χ4v) is 3.08. The van der Waals surface area contributed by atoms with Crippen LogP contribution in [0.4, 0.5) is 5.13 Å². The molecule has 2 atom stereocenters. The molecule has 1 aliphatic heterocycles. The van der Waals surface area contributed by atoms with Gasteiger partial charge in [-0.05, 0) is 18.8 Å². The van der Waals surface area contributed by atoms with Crippen molar-refractivity contribution in [3.05, 3.63) is 11.1 Å². The van der Waals surface area contributed by atoms with Gasteiger partial charge in [0.05, 0.1) is 0 Å². The molecule has 2 N–H and O–H groups in total. The van der Waals surface area contributed by atoms with Crippen LogP contribution < -0.4 is 5.32 Å². The van der Waals surface area contributed by atoms with Crippen LogP contribution in [0.1, 0.15) is 37.2 Å². The maximum Gasteiger partial charge on any atom is 0.326 e. The van der Waals surface area contributed by atoms with Crippen molar-refractivity contribution in [1.29, 1.82) is 0 Å². The Morgan fingerprint density at radius 3 is 2.81 bits per heavy atom. The number of rotatable bonds is 3. The number of carboxylic acid groups (broad SMARTS) is 1. The molecule has 0 spiro atoms. The molecular formula is C13H17N3O4S. The van der Waals surface area contributed by atoms with Crippen molar-refractivity contribution < 1.29 is 19.5 Å². The number of nitrogens with one attached hydrogen (secondary N) is 1. The highest BCUT2D eigenvalue weighted by Crippen LogP contribution is 2.25. The fraction of sp³-hybridized carbons (Fsp3) is 0.538. The van der Waals surface area contributed by atoms with Crippen molar-refractivity contribution in [2.75, 3.05) is 11.9 Å². The van der Waals surface area contributed by atoms with E-state index in [2.05, 4.69) is 10.3 Å². The molecule has 0 aromatic carbocycles. The van der Waals surface area contributed by atoms with Crippen LogP contribution in [0.2, 0.25) is 0 Å². The Morgan fingerprint density at radius 1 is 1.48 bits per heavy atom. The highest BCUT2D eigenvalue weighted by Gasteiger charge is 2.35. The SMILES string of the molecule is CC(=O)Nc1nc(C(=O)N2CCC(C)CC2C(=O)O)cs1. The van der Waals surface area contributed by atoms with E-state index < -0.39 is 17.9 Å². The number of hydrogen-bond donors (Lipinski definition) is 2. The van der Waals surface area contributed by atoms with Crippen molar-refractivity contribution in [3.8, 4) is 0 Å². The van der Waals surface area contributed by atoms with Crippen LogP contribution in [-0.4, -0.2) is 45.4 Å². The summed E-state index contributed by atoms with van der Waals surface area (Å²) in [5.74, 6) is -1.38. The second-order valence-electron chi connectivity index (χ2n) is 5.20. The van der Waals surface area contributed by atoms with Crippen LogP contribution in [0, 0.1) is 5.92 Å². The first-order valence-electron chi connectivity index (χ1n) is 6.65. The first-order valence-corrected chi connectivity index (χ1v) is 7.53. The summed E-state index contributed by atoms with van der Waals surface area (Å²) < 4.78 is 0. The van der Waals surface area contributed by atoms with Gasteiger partial charge in [-0.2, -0.15) is 0 Å². The van der Waals surface area contributed by atoms with Gasteiger partial charge in [0.25, 0.3) is 5.91 Å². The smallest absolute Gasteiger partial charge is 0.326 e. The Labute approximate surface area is 126 Å². The number of thiazole rings is 1. The molecule has 0 bridgehead atoms. The standard InChI is InChI=1S/C13H17N3O4S/c1-7-3-4-16(10(5-7)12(19)20)11(18)9-6-21-13(15-9)14-8(2)17/h6-7,10H,3-5H2,1-2H3,(H,19,20)(H,14,15,17). The lowest BCUT2D eigenvalue weighted by Crippen LogP contribution is -2.49. The minimum absolute atomic E-state index is 0.171. The summed E-state index contributed by atoms with van der Waals surface area (Å²) in [6.45, 7) is 3.74. The number of likely N-dealkylation sites (tertiary alicyclic amines) is 1. The number of nitrogens with zero attached hydrogens (tertiary/aromatic N) is 2. The minimum Gasteiger partial charge on any atom is -0.480 e. The summed E-state index contributed by atoms with van der Waals surface area (Å²) in [5.41, 5.74) is 0.171. The first-order chi connectivity index (χ1) is 9.88. The van der Waals surface area contributed by atoms with Gasteiger partial charge in [-0.3, -0.25) is 9.59 Å². The molecule has 1 fully saturated rings. The lowest BCUT2D eigenvalue weighted by atomic mass is 9.92. The van der Waals surface area contributed by atoms with E-state index in [9.17, 15) is 19.5 Å². The Hall–Kier alpha value is -1.96. The summed E-state index contributed by atoms with van der Waals surface area (Å²) >= 11 is 1.14. The van der Waals surface area contributed by atoms with E-state index in [1.165, 1.54) is 17.2 Å². The zero-order chi connectivity index (χ0) is 15.6. The molecule has 114 valence electrons. The topological polar surface area (TPSA) is 99.6 Å². The average molecular weight is 311 g/mol. The van der Waals surface area contributed by atoms with Crippen LogP contribution in [0.25, 0.3) is 0 Å². The number of anilines is 1. The van der Waals surface area contributed by atoms with Gasteiger partial charge < -0.3 is 15.3 Å². The predicted molar refractivity (Wildman–Crippen MR) is 77.3 cm³/mol. The number of carbonyl (C=O) groups is 3. The van der Waals surface area contributed by atoms with Gasteiger partial charge in [0.2, 0.25) is 5.91 Å². The average Bonchev–Trinajstić information content (AvgIpc) is 2.85. The third kappa shape index (κ3) is 3.57. The molecule has 0 radical (unpaired) electrons. The number of aromatic nitrogens is 1. The number of carbonyl (C=O) groups excluding carboxylic acids is 2. The number of piperidine rings is 1. The Morgan fingerprint density at radius 2 is 2.19 bits per heavy atom. The molecule has 0 aliphatic carbocycles. The highest BCUT2D eigenvalue weighted by atomic mass is 32.1. The summed E-state index contributed by atoms with van der Waals surface area (Å²) in [6.07, 6.45) is 1.22. The van der Waals surface area contributed by atoms with E-state index in [4.69, 9.17) is 0 Å². The van der Waals surface area contributed by atoms with Gasteiger partial charge in [-0.25, -0.2) is 9.78 Å². The largest absolute Gasteiger partial charge is 0.480 e. The molecule has 2 rings (SSSR count). The van der Waals surface area contributed by atoms with Crippen molar-refractivity contribution in [2.24, 2.45) is 5.92 Å². The molecule has 1 saturated heterocycles. The van der Waals surface area contributed by atoms with E-state index in [0.717, 1.165) is 17.8 Å². The maximum absolute atomic E-state index is 12.4. The van der Waals surface area contributed by atoms with Crippen molar-refractivity contribution in [1.82, 2.24) is 9.88 Å². The van der Waals surface area contributed by atoms with Crippen LogP contribution >= 0.6 is 11.3 Å². The molecule has 0 saturated carbocycles. The predicted octanol–water partition coefficient (Wildman–Crippen LogP) is 1.43. The van der Waals surface area contributed by atoms with Crippen LogP contribution in [-0.2, 0) is 9.59 Å².